The van der Waals surface area contributed by atoms with Gasteiger partial charge in [-0.05, 0) is 80.4 Å². The van der Waals surface area contributed by atoms with E-state index in [0.29, 0.717) is 0 Å². The van der Waals surface area contributed by atoms with Gasteiger partial charge in [-0.1, -0.05) is 6.07 Å². The molecule has 3 aromatic carbocycles. The lowest BCUT2D eigenvalue weighted by Gasteiger charge is -2.38. The molecule has 3 heterocycles. The van der Waals surface area contributed by atoms with Crippen LogP contribution >= 0.6 is 0 Å². The molecule has 0 aliphatic carbocycles. The number of H-pyrrole nitrogens is 1. The molecule has 220 valence electrons. The zero-order chi connectivity index (χ0) is 29.8. The van der Waals surface area contributed by atoms with Crippen molar-refractivity contribution in [2.24, 2.45) is 0 Å². The first-order valence-corrected chi connectivity index (χ1v) is 13.8. The van der Waals surface area contributed by atoms with Gasteiger partial charge in [-0.25, -0.2) is 9.18 Å². The normalized spacial score (nSPS) is 16.7. The Labute approximate surface area is 241 Å². The van der Waals surface area contributed by atoms with Crippen molar-refractivity contribution in [3.05, 3.63) is 77.7 Å². The Morgan fingerprint density at radius 3 is 2.60 bits per heavy atom. The van der Waals surface area contributed by atoms with Crippen LogP contribution in [0.25, 0.3) is 10.9 Å². The number of nitrogens with one attached hydrogen (secondary N) is 2. The van der Waals surface area contributed by atoms with Crippen LogP contribution in [0.1, 0.15) is 29.3 Å². The molecular formula is C31H33FN4O6. The Hall–Kier alpha value is -4.77. The number of aromatic nitrogens is 1. The standard InChI is InChI=1S/C24H27FN4O2.C7H6O4/c1-16-24(30)27-21-5-2-6-22(23(21)31-16)29-12-10-28(11-13-29)9-3-4-17-15-26-20-8-7-18(25)14-19(17)20;8-4-1-2-6(9)5(3-4)7(10)11/h2,5-8,14-16,26H,3-4,9-13H2,1H3,(H,27,30);1-3,8-9H,(H,10,11). The number of aryl methyl sites for hydroxylation is 1. The molecule has 1 amide bonds. The molecule has 0 saturated carbocycles. The Balaban J connectivity index is 0.000000271. The summed E-state index contributed by atoms with van der Waals surface area (Å²) >= 11 is 0. The zero-order valence-corrected chi connectivity index (χ0v) is 23.1. The third-order valence-corrected chi connectivity index (χ3v) is 7.49. The number of halogens is 1. The quantitative estimate of drug-likeness (QED) is 0.210. The minimum absolute atomic E-state index is 0.104. The van der Waals surface area contributed by atoms with Crippen LogP contribution in [0, 0.1) is 5.82 Å². The van der Waals surface area contributed by atoms with Crippen LogP contribution in [0.2, 0.25) is 0 Å². The number of aromatic amines is 1. The summed E-state index contributed by atoms with van der Waals surface area (Å²) in [5, 5.41) is 30.1. The van der Waals surface area contributed by atoms with Gasteiger partial charge in [0.2, 0.25) is 0 Å². The number of carbonyl (C=O) groups is 2. The first-order chi connectivity index (χ1) is 20.2. The molecule has 11 heteroatoms. The number of ether oxygens (including phenoxy) is 1. The Morgan fingerprint density at radius 2 is 1.86 bits per heavy atom. The molecule has 0 bridgehead atoms. The maximum absolute atomic E-state index is 13.6. The number of carboxylic acids is 1. The lowest BCUT2D eigenvalue weighted by molar-refractivity contribution is -0.122. The molecule has 1 saturated heterocycles. The van der Waals surface area contributed by atoms with Crippen molar-refractivity contribution in [2.75, 3.05) is 42.9 Å². The smallest absolute Gasteiger partial charge is 0.339 e. The van der Waals surface area contributed by atoms with Crippen LogP contribution in [0.15, 0.2) is 60.8 Å². The molecule has 1 unspecified atom stereocenters. The van der Waals surface area contributed by atoms with Gasteiger partial charge in [0, 0.05) is 43.3 Å². The van der Waals surface area contributed by atoms with Crippen molar-refractivity contribution in [3.8, 4) is 17.2 Å². The van der Waals surface area contributed by atoms with E-state index >= 15 is 0 Å². The van der Waals surface area contributed by atoms with Gasteiger partial charge in [-0.15, -0.1) is 0 Å². The second-order valence-electron chi connectivity index (χ2n) is 10.3. The van der Waals surface area contributed by atoms with E-state index in [1.807, 2.05) is 18.3 Å². The zero-order valence-electron chi connectivity index (χ0n) is 23.1. The Morgan fingerprint density at radius 1 is 1.07 bits per heavy atom. The third-order valence-electron chi connectivity index (χ3n) is 7.49. The molecule has 1 aromatic heterocycles. The summed E-state index contributed by atoms with van der Waals surface area (Å²) in [6.07, 6.45) is 3.49. The van der Waals surface area contributed by atoms with Gasteiger partial charge in [-0.3, -0.25) is 9.69 Å². The monoisotopic (exact) mass is 576 g/mol. The number of carbonyl (C=O) groups excluding carboxylic acids is 1. The second kappa shape index (κ2) is 12.4. The average Bonchev–Trinajstić information content (AvgIpc) is 3.37. The molecule has 1 fully saturated rings. The molecule has 6 rings (SSSR count). The maximum Gasteiger partial charge on any atom is 0.339 e. The summed E-state index contributed by atoms with van der Waals surface area (Å²) in [5.74, 6) is -1.32. The number of aromatic carboxylic acids is 1. The Kier molecular flexibility index (Phi) is 8.48. The lowest BCUT2D eigenvalue weighted by Crippen LogP contribution is -2.47. The SMILES string of the molecule is CC1Oc2c(cccc2N2CCN(CCCc3c[nH]c4ccc(F)cc34)CC2)NC1=O.O=C(O)c1cc(O)ccc1O. The number of aromatic hydroxyl groups is 2. The number of amides is 1. The van der Waals surface area contributed by atoms with Crippen LogP contribution in [0.5, 0.6) is 17.2 Å². The largest absolute Gasteiger partial charge is 0.508 e. The summed E-state index contributed by atoms with van der Waals surface area (Å²) in [6.45, 7) is 6.59. The predicted octanol–water partition coefficient (Wildman–Crippen LogP) is 4.58. The highest BCUT2D eigenvalue weighted by atomic mass is 19.1. The van der Waals surface area contributed by atoms with Gasteiger partial charge in [0.1, 0.15) is 22.9 Å². The van der Waals surface area contributed by atoms with Crippen LogP contribution in [-0.2, 0) is 11.2 Å². The Bertz CT molecular complexity index is 1600. The number of piperazine rings is 1. The summed E-state index contributed by atoms with van der Waals surface area (Å²) in [5.41, 5.74) is 3.66. The van der Waals surface area contributed by atoms with Crippen LogP contribution in [-0.4, -0.2) is 75.9 Å². The summed E-state index contributed by atoms with van der Waals surface area (Å²) in [7, 11) is 0. The van der Waals surface area contributed by atoms with Crippen molar-refractivity contribution in [1.82, 2.24) is 9.88 Å². The molecule has 5 N–H and O–H groups in total. The molecule has 10 nitrogen and oxygen atoms in total. The van der Waals surface area contributed by atoms with E-state index in [1.54, 1.807) is 19.1 Å². The predicted molar refractivity (Wildman–Crippen MR) is 157 cm³/mol. The number of hydrogen-bond acceptors (Lipinski definition) is 7. The van der Waals surface area contributed by atoms with Crippen molar-refractivity contribution >= 4 is 34.2 Å². The number of phenolic OH excluding ortho intramolecular Hbond substituents is 1. The van der Waals surface area contributed by atoms with E-state index in [-0.39, 0.29) is 28.8 Å². The van der Waals surface area contributed by atoms with E-state index in [1.165, 1.54) is 17.7 Å². The topological polar surface area (TPSA) is 138 Å². The van der Waals surface area contributed by atoms with Gasteiger partial charge < -0.3 is 35.3 Å². The van der Waals surface area contributed by atoms with Crippen molar-refractivity contribution in [3.63, 3.8) is 0 Å². The van der Waals surface area contributed by atoms with Crippen molar-refractivity contribution in [1.29, 1.82) is 0 Å². The van der Waals surface area contributed by atoms with Crippen molar-refractivity contribution < 1.29 is 34.0 Å². The number of anilines is 2. The summed E-state index contributed by atoms with van der Waals surface area (Å²) < 4.78 is 19.5. The van der Waals surface area contributed by atoms with E-state index < -0.39 is 12.1 Å². The first-order valence-electron chi connectivity index (χ1n) is 13.8. The molecule has 0 spiro atoms. The molecule has 0 radical (unpaired) electrons. The van der Waals surface area contributed by atoms with E-state index in [2.05, 4.69) is 26.2 Å². The second-order valence-corrected chi connectivity index (χ2v) is 10.3. The van der Waals surface area contributed by atoms with Crippen molar-refractivity contribution in [2.45, 2.75) is 25.9 Å². The molecule has 4 aromatic rings. The van der Waals surface area contributed by atoms with Crippen LogP contribution in [0.4, 0.5) is 15.8 Å². The number of rotatable bonds is 6. The number of fused-ring (bicyclic) bond motifs is 2. The summed E-state index contributed by atoms with van der Waals surface area (Å²) in [6, 6.07) is 14.1. The number of para-hydroxylation sites is 1. The fourth-order valence-corrected chi connectivity index (χ4v) is 5.22. The maximum atomic E-state index is 13.6. The number of carboxylic acid groups (broad SMARTS) is 1. The van der Waals surface area contributed by atoms with Gasteiger partial charge >= 0.3 is 5.97 Å². The number of phenols is 2. The molecular weight excluding hydrogens is 543 g/mol. The lowest BCUT2D eigenvalue weighted by atomic mass is 10.1. The number of benzene rings is 3. The van der Waals surface area contributed by atoms with E-state index in [4.69, 9.17) is 20.1 Å². The number of hydrogen-bond donors (Lipinski definition) is 5. The van der Waals surface area contributed by atoms with Crippen LogP contribution < -0.4 is 15.0 Å². The highest BCUT2D eigenvalue weighted by Crippen LogP contribution is 2.39. The minimum atomic E-state index is -1.27. The van der Waals surface area contributed by atoms with Gasteiger partial charge in [0.15, 0.2) is 11.9 Å². The fourth-order valence-electron chi connectivity index (χ4n) is 5.22. The fraction of sp³-hybridized carbons (Fsp3) is 0.290. The summed E-state index contributed by atoms with van der Waals surface area (Å²) in [4.78, 5) is 30.2. The minimum Gasteiger partial charge on any atom is -0.508 e. The highest BCUT2D eigenvalue weighted by molar-refractivity contribution is 5.99. The first kappa shape index (κ1) is 28.7. The van der Waals surface area contributed by atoms with E-state index in [0.717, 1.165) is 85.7 Å². The van der Waals surface area contributed by atoms with Crippen LogP contribution in [0.3, 0.4) is 0 Å². The van der Waals surface area contributed by atoms with E-state index in [9.17, 15) is 14.0 Å². The van der Waals surface area contributed by atoms with Gasteiger partial charge in [0.05, 0.1) is 11.4 Å². The molecule has 2 aliphatic heterocycles. The molecule has 42 heavy (non-hydrogen) atoms. The average molecular weight is 577 g/mol. The van der Waals surface area contributed by atoms with Gasteiger partial charge in [0.25, 0.3) is 5.91 Å². The molecule has 1 atom stereocenters. The highest BCUT2D eigenvalue weighted by Gasteiger charge is 2.28. The van der Waals surface area contributed by atoms with Gasteiger partial charge in [-0.2, -0.15) is 0 Å². The molecule has 2 aliphatic rings. The third kappa shape index (κ3) is 6.41. The number of nitrogens with zero attached hydrogens (tertiary/aromatic N) is 2.